The van der Waals surface area contributed by atoms with Gasteiger partial charge in [-0.15, -0.1) is 12.4 Å². The van der Waals surface area contributed by atoms with Gasteiger partial charge in [0.1, 0.15) is 5.75 Å². The molecule has 2 unspecified atom stereocenters. The molecule has 0 aromatic heterocycles. The lowest BCUT2D eigenvalue weighted by Crippen LogP contribution is -2.55. The Morgan fingerprint density at radius 2 is 1.76 bits per heavy atom. The average Bonchev–Trinajstić information content (AvgIpc) is 3.07. The second-order valence-corrected chi connectivity index (χ2v) is 7.40. The van der Waals surface area contributed by atoms with E-state index in [0.717, 1.165) is 6.42 Å². The van der Waals surface area contributed by atoms with E-state index in [1.807, 2.05) is 24.3 Å². The van der Waals surface area contributed by atoms with E-state index < -0.39 is 31.0 Å². The SMILES string of the molecule is CCc1ccc(OC(C)C(=O)N2CCN(C(=O)C3CC(F)(F)CN3)CC2)cc1.Cl. The molecule has 2 amide bonds. The Hall–Kier alpha value is -1.93. The van der Waals surface area contributed by atoms with Crippen LogP contribution < -0.4 is 10.1 Å². The molecule has 162 valence electrons. The number of carbonyl (C=O) groups is 2. The molecular formula is C20H28ClF2N3O3. The fourth-order valence-electron chi connectivity index (χ4n) is 3.57. The van der Waals surface area contributed by atoms with Crippen LogP contribution in [-0.4, -0.2) is 72.4 Å². The standard InChI is InChI=1S/C20H27F2N3O3.ClH/c1-3-15-4-6-16(7-5-15)28-14(2)18(26)24-8-10-25(11-9-24)19(27)17-12-20(21,22)13-23-17;/h4-7,14,17,23H,3,8-13H2,1-2H3;1H. The number of alkyl halides is 2. The highest BCUT2D eigenvalue weighted by Crippen LogP contribution is 2.26. The molecule has 2 aliphatic rings. The summed E-state index contributed by atoms with van der Waals surface area (Å²) in [5.41, 5.74) is 1.20. The van der Waals surface area contributed by atoms with E-state index in [2.05, 4.69) is 12.2 Å². The van der Waals surface area contributed by atoms with E-state index in [0.29, 0.717) is 31.9 Å². The van der Waals surface area contributed by atoms with E-state index in [1.165, 1.54) is 5.56 Å². The first-order chi connectivity index (χ1) is 13.3. The molecule has 0 bridgehead atoms. The summed E-state index contributed by atoms with van der Waals surface area (Å²) < 4.78 is 32.3. The maximum Gasteiger partial charge on any atom is 0.263 e. The van der Waals surface area contributed by atoms with Gasteiger partial charge in [-0.3, -0.25) is 14.9 Å². The number of hydrogen-bond acceptors (Lipinski definition) is 4. The van der Waals surface area contributed by atoms with Gasteiger partial charge in [-0.2, -0.15) is 0 Å². The van der Waals surface area contributed by atoms with Crippen molar-refractivity contribution in [2.24, 2.45) is 0 Å². The van der Waals surface area contributed by atoms with Crippen LogP contribution in [0, 0.1) is 0 Å². The van der Waals surface area contributed by atoms with Gasteiger partial charge in [0.15, 0.2) is 6.10 Å². The third-order valence-electron chi connectivity index (χ3n) is 5.30. The normalized spacial score (nSPS) is 22.0. The Bertz CT molecular complexity index is 709. The van der Waals surface area contributed by atoms with Crippen LogP contribution in [0.3, 0.4) is 0 Å². The molecule has 2 atom stereocenters. The smallest absolute Gasteiger partial charge is 0.263 e. The lowest BCUT2D eigenvalue weighted by Gasteiger charge is -2.36. The van der Waals surface area contributed by atoms with Crippen molar-refractivity contribution in [1.29, 1.82) is 0 Å². The summed E-state index contributed by atoms with van der Waals surface area (Å²) in [7, 11) is 0. The van der Waals surface area contributed by atoms with Crippen molar-refractivity contribution >= 4 is 24.2 Å². The van der Waals surface area contributed by atoms with Crippen LogP contribution in [0.4, 0.5) is 8.78 Å². The molecule has 1 aromatic carbocycles. The van der Waals surface area contributed by atoms with Gasteiger partial charge in [-0.1, -0.05) is 19.1 Å². The minimum Gasteiger partial charge on any atom is -0.481 e. The van der Waals surface area contributed by atoms with Gasteiger partial charge < -0.3 is 14.5 Å². The minimum absolute atomic E-state index is 0. The number of benzene rings is 1. The van der Waals surface area contributed by atoms with Crippen molar-refractivity contribution in [2.45, 2.75) is 44.8 Å². The summed E-state index contributed by atoms with van der Waals surface area (Å²) in [6, 6.07) is 6.80. The van der Waals surface area contributed by atoms with Gasteiger partial charge in [0, 0.05) is 32.6 Å². The highest BCUT2D eigenvalue weighted by atomic mass is 35.5. The van der Waals surface area contributed by atoms with Gasteiger partial charge >= 0.3 is 0 Å². The van der Waals surface area contributed by atoms with Gasteiger partial charge in [0.05, 0.1) is 12.6 Å². The molecule has 6 nitrogen and oxygen atoms in total. The maximum absolute atomic E-state index is 13.3. The predicted octanol–water partition coefficient (Wildman–Crippen LogP) is 2.11. The zero-order valence-corrected chi connectivity index (χ0v) is 17.5. The first-order valence-electron chi connectivity index (χ1n) is 9.73. The number of nitrogens with zero attached hydrogens (tertiary/aromatic N) is 2. The van der Waals surface area contributed by atoms with E-state index in [-0.39, 0.29) is 24.2 Å². The summed E-state index contributed by atoms with van der Waals surface area (Å²) in [5.74, 6) is -2.65. The molecule has 3 rings (SSSR count). The first-order valence-corrected chi connectivity index (χ1v) is 9.73. The molecule has 2 fully saturated rings. The quantitative estimate of drug-likeness (QED) is 0.775. The van der Waals surface area contributed by atoms with Crippen LogP contribution in [0.1, 0.15) is 25.8 Å². The largest absolute Gasteiger partial charge is 0.481 e. The molecule has 9 heteroatoms. The zero-order valence-electron chi connectivity index (χ0n) is 16.7. The van der Waals surface area contributed by atoms with Gasteiger partial charge in [0.25, 0.3) is 11.8 Å². The summed E-state index contributed by atoms with van der Waals surface area (Å²) in [6.45, 7) is 4.74. The van der Waals surface area contributed by atoms with Crippen molar-refractivity contribution in [1.82, 2.24) is 15.1 Å². The number of nitrogens with one attached hydrogen (secondary N) is 1. The Morgan fingerprint density at radius 1 is 1.17 bits per heavy atom. The number of halogens is 3. The Labute approximate surface area is 176 Å². The van der Waals surface area contributed by atoms with Crippen molar-refractivity contribution in [3.8, 4) is 5.75 Å². The number of ether oxygens (including phenoxy) is 1. The maximum atomic E-state index is 13.3. The lowest BCUT2D eigenvalue weighted by atomic mass is 10.1. The number of hydrogen-bond donors (Lipinski definition) is 1. The molecule has 2 heterocycles. The van der Waals surface area contributed by atoms with Crippen LogP contribution in [-0.2, 0) is 16.0 Å². The second kappa shape index (κ2) is 9.71. The molecule has 0 radical (unpaired) electrons. The van der Waals surface area contributed by atoms with Crippen LogP contribution >= 0.6 is 12.4 Å². The zero-order chi connectivity index (χ0) is 20.3. The van der Waals surface area contributed by atoms with Crippen molar-refractivity contribution in [3.05, 3.63) is 29.8 Å². The van der Waals surface area contributed by atoms with E-state index in [4.69, 9.17) is 4.74 Å². The second-order valence-electron chi connectivity index (χ2n) is 7.40. The molecule has 0 aliphatic carbocycles. The van der Waals surface area contributed by atoms with Crippen LogP contribution in [0.25, 0.3) is 0 Å². The lowest BCUT2D eigenvalue weighted by molar-refractivity contribution is -0.144. The van der Waals surface area contributed by atoms with Crippen molar-refractivity contribution < 1.29 is 23.1 Å². The van der Waals surface area contributed by atoms with Crippen LogP contribution in [0.15, 0.2) is 24.3 Å². The highest BCUT2D eigenvalue weighted by Gasteiger charge is 2.44. The molecule has 1 aromatic rings. The van der Waals surface area contributed by atoms with E-state index >= 15 is 0 Å². The number of rotatable bonds is 5. The number of carbonyl (C=O) groups excluding carboxylic acids is 2. The Balaban J connectivity index is 0.00000300. The average molecular weight is 432 g/mol. The fourth-order valence-corrected chi connectivity index (χ4v) is 3.57. The third kappa shape index (κ3) is 5.79. The van der Waals surface area contributed by atoms with E-state index in [1.54, 1.807) is 16.7 Å². The Morgan fingerprint density at radius 3 is 2.28 bits per heavy atom. The highest BCUT2D eigenvalue weighted by molar-refractivity contribution is 5.85. The molecule has 1 N–H and O–H groups in total. The molecule has 0 spiro atoms. The molecular weight excluding hydrogens is 404 g/mol. The number of amides is 2. The topological polar surface area (TPSA) is 61.9 Å². The Kier molecular flexibility index (Phi) is 7.82. The van der Waals surface area contributed by atoms with Crippen LogP contribution in [0.2, 0.25) is 0 Å². The molecule has 29 heavy (non-hydrogen) atoms. The van der Waals surface area contributed by atoms with E-state index in [9.17, 15) is 18.4 Å². The summed E-state index contributed by atoms with van der Waals surface area (Å²) in [5, 5.41) is 2.59. The third-order valence-corrected chi connectivity index (χ3v) is 5.30. The number of piperazine rings is 1. The summed E-state index contributed by atoms with van der Waals surface area (Å²) in [6.07, 6.45) is -0.164. The fraction of sp³-hybridized carbons (Fsp3) is 0.600. The van der Waals surface area contributed by atoms with Crippen molar-refractivity contribution in [2.75, 3.05) is 32.7 Å². The van der Waals surface area contributed by atoms with Gasteiger partial charge in [0.2, 0.25) is 5.91 Å². The summed E-state index contributed by atoms with van der Waals surface area (Å²) >= 11 is 0. The first kappa shape index (κ1) is 23.3. The molecule has 2 aliphatic heterocycles. The molecule has 2 saturated heterocycles. The van der Waals surface area contributed by atoms with Gasteiger partial charge in [-0.25, -0.2) is 8.78 Å². The monoisotopic (exact) mass is 431 g/mol. The molecule has 0 saturated carbocycles. The minimum atomic E-state index is -2.83. The number of aryl methyl sites for hydroxylation is 1. The predicted molar refractivity (Wildman–Crippen MR) is 108 cm³/mol. The van der Waals surface area contributed by atoms with Gasteiger partial charge in [-0.05, 0) is 31.0 Å². The summed E-state index contributed by atoms with van der Waals surface area (Å²) in [4.78, 5) is 28.2. The van der Waals surface area contributed by atoms with Crippen molar-refractivity contribution in [3.63, 3.8) is 0 Å². The van der Waals surface area contributed by atoms with Crippen LogP contribution in [0.5, 0.6) is 5.75 Å².